The van der Waals surface area contributed by atoms with Gasteiger partial charge in [0.15, 0.2) is 5.78 Å². The molecule has 2 heterocycles. The highest BCUT2D eigenvalue weighted by atomic mass is 35.5. The van der Waals surface area contributed by atoms with E-state index in [1.807, 2.05) is 0 Å². The first kappa shape index (κ1) is 24.8. The van der Waals surface area contributed by atoms with Crippen LogP contribution in [0.15, 0.2) is 48.5 Å². The van der Waals surface area contributed by atoms with Crippen LogP contribution in [0.3, 0.4) is 0 Å². The fraction of sp³-hybridized carbons (Fsp3) is 0.320. The largest absolute Gasteiger partial charge is 0.444 e. The van der Waals surface area contributed by atoms with Gasteiger partial charge in [0.2, 0.25) is 0 Å². The van der Waals surface area contributed by atoms with E-state index in [0.717, 1.165) is 12.1 Å². The molecule has 3 aromatic rings. The quantitative estimate of drug-likeness (QED) is 0.397. The number of rotatable bonds is 2. The van der Waals surface area contributed by atoms with Crippen molar-refractivity contribution in [3.8, 4) is 16.9 Å². The summed E-state index contributed by atoms with van der Waals surface area (Å²) in [5, 5.41) is 4.86. The molecule has 2 aromatic carbocycles. The Morgan fingerprint density at radius 2 is 1.71 bits per heavy atom. The number of carbonyl (C=O) groups is 2. The Balaban J connectivity index is 1.89. The van der Waals surface area contributed by atoms with Crippen molar-refractivity contribution in [1.82, 2.24) is 14.7 Å². The Labute approximate surface area is 205 Å². The molecular weight excluding hydrogens is 483 g/mol. The van der Waals surface area contributed by atoms with E-state index >= 15 is 0 Å². The van der Waals surface area contributed by atoms with Crippen LogP contribution in [-0.4, -0.2) is 38.7 Å². The molecule has 0 unspecified atom stereocenters. The summed E-state index contributed by atoms with van der Waals surface area (Å²) in [6.45, 7) is 5.34. The zero-order valence-electron chi connectivity index (χ0n) is 19.3. The highest BCUT2D eigenvalue weighted by Crippen LogP contribution is 2.36. The van der Waals surface area contributed by atoms with E-state index in [2.05, 4.69) is 5.10 Å². The molecule has 0 bridgehead atoms. The highest BCUT2D eigenvalue weighted by Gasteiger charge is 2.34. The van der Waals surface area contributed by atoms with Gasteiger partial charge in [-0.25, -0.2) is 9.48 Å². The van der Waals surface area contributed by atoms with Gasteiger partial charge in [0.05, 0.1) is 28.5 Å². The lowest BCUT2D eigenvalue weighted by Gasteiger charge is -2.26. The summed E-state index contributed by atoms with van der Waals surface area (Å²) in [6, 6.07) is 11.4. The SMILES string of the molecule is CC(C)(C)OC(=O)N1CCC(=O)c2nn(-c3ccccc3Cl)c(-c3ccc(C(F)(F)F)cc3)c2C1. The molecule has 1 aromatic heterocycles. The Bertz CT molecular complexity index is 1280. The predicted octanol–water partition coefficient (Wildman–Crippen LogP) is 6.54. The summed E-state index contributed by atoms with van der Waals surface area (Å²) in [7, 11) is 0. The van der Waals surface area contributed by atoms with Crippen molar-refractivity contribution < 1.29 is 27.5 Å². The maximum Gasteiger partial charge on any atom is 0.416 e. The van der Waals surface area contributed by atoms with Gasteiger partial charge >= 0.3 is 12.3 Å². The van der Waals surface area contributed by atoms with Gasteiger partial charge < -0.3 is 9.64 Å². The van der Waals surface area contributed by atoms with Crippen LogP contribution in [0.25, 0.3) is 16.9 Å². The van der Waals surface area contributed by atoms with Gasteiger partial charge in [-0.1, -0.05) is 35.9 Å². The number of alkyl halides is 3. The summed E-state index contributed by atoms with van der Waals surface area (Å²) in [4.78, 5) is 27.3. The number of benzene rings is 2. The minimum Gasteiger partial charge on any atom is -0.444 e. The summed E-state index contributed by atoms with van der Waals surface area (Å²) in [5.74, 6) is -0.287. The molecule has 1 amide bonds. The van der Waals surface area contributed by atoms with E-state index in [1.165, 1.54) is 21.7 Å². The molecule has 0 saturated carbocycles. The minimum atomic E-state index is -4.50. The third-order valence-electron chi connectivity index (χ3n) is 5.42. The standard InChI is InChI=1S/C25H23ClF3N3O3/c1-24(2,3)35-23(34)31-13-12-20(33)21-17(14-31)22(15-8-10-16(11-9-15)25(27,28)29)32(30-21)19-7-5-4-6-18(19)26/h4-11H,12-14H2,1-3H3. The summed E-state index contributed by atoms with van der Waals surface area (Å²) in [6.07, 6.45) is -5.07. The smallest absolute Gasteiger partial charge is 0.416 e. The molecule has 6 nitrogen and oxygen atoms in total. The Morgan fingerprint density at radius 3 is 2.31 bits per heavy atom. The van der Waals surface area contributed by atoms with Gasteiger partial charge in [-0.3, -0.25) is 4.79 Å². The molecule has 0 saturated heterocycles. The Morgan fingerprint density at radius 1 is 1.06 bits per heavy atom. The van der Waals surface area contributed by atoms with Crippen LogP contribution >= 0.6 is 11.6 Å². The number of ether oxygens (including phenoxy) is 1. The monoisotopic (exact) mass is 505 g/mol. The van der Waals surface area contributed by atoms with E-state index in [9.17, 15) is 22.8 Å². The average molecular weight is 506 g/mol. The van der Waals surface area contributed by atoms with Gasteiger partial charge in [0, 0.05) is 24.1 Å². The van der Waals surface area contributed by atoms with Crippen molar-refractivity contribution in [2.24, 2.45) is 0 Å². The lowest BCUT2D eigenvalue weighted by atomic mass is 10.0. The van der Waals surface area contributed by atoms with Crippen LogP contribution in [0.4, 0.5) is 18.0 Å². The number of carbonyl (C=O) groups excluding carboxylic acids is 2. The van der Waals surface area contributed by atoms with Crippen molar-refractivity contribution in [3.05, 3.63) is 70.4 Å². The Kier molecular flexibility index (Phi) is 6.40. The third-order valence-corrected chi connectivity index (χ3v) is 5.74. The van der Waals surface area contributed by atoms with E-state index in [4.69, 9.17) is 16.3 Å². The van der Waals surface area contributed by atoms with Crippen LogP contribution in [-0.2, 0) is 17.5 Å². The van der Waals surface area contributed by atoms with Gasteiger partial charge in [-0.05, 0) is 45.0 Å². The number of hydrogen-bond donors (Lipinski definition) is 0. The van der Waals surface area contributed by atoms with E-state index < -0.39 is 23.4 Å². The van der Waals surface area contributed by atoms with Crippen molar-refractivity contribution in [2.75, 3.05) is 6.54 Å². The molecule has 0 N–H and O–H groups in total. The molecule has 1 aliphatic rings. The van der Waals surface area contributed by atoms with Crippen molar-refractivity contribution >= 4 is 23.5 Å². The first-order valence-corrected chi connectivity index (χ1v) is 11.3. The summed E-state index contributed by atoms with van der Waals surface area (Å²) in [5.41, 5.74) is 0.241. The molecule has 0 spiro atoms. The molecule has 10 heteroatoms. The maximum absolute atomic E-state index is 13.2. The van der Waals surface area contributed by atoms with E-state index in [1.54, 1.807) is 45.0 Å². The molecule has 0 aliphatic carbocycles. The second-order valence-electron chi connectivity index (χ2n) is 9.19. The number of nitrogens with zero attached hydrogens (tertiary/aromatic N) is 3. The third kappa shape index (κ3) is 5.19. The normalized spacial score (nSPS) is 14.5. The number of ketones is 1. The van der Waals surface area contributed by atoms with E-state index in [-0.39, 0.29) is 31.0 Å². The number of para-hydroxylation sites is 1. The second kappa shape index (κ2) is 9.03. The predicted molar refractivity (Wildman–Crippen MR) is 125 cm³/mol. The molecule has 1 aliphatic heterocycles. The number of Topliss-reactive ketones (excluding diaryl/α,β-unsaturated/α-hetero) is 1. The van der Waals surface area contributed by atoms with E-state index in [0.29, 0.717) is 27.5 Å². The number of hydrogen-bond acceptors (Lipinski definition) is 4. The van der Waals surface area contributed by atoms with Crippen LogP contribution in [0.2, 0.25) is 5.02 Å². The molecular formula is C25H23ClF3N3O3. The van der Waals surface area contributed by atoms with Gasteiger partial charge in [0.25, 0.3) is 0 Å². The van der Waals surface area contributed by atoms with Crippen molar-refractivity contribution in [1.29, 1.82) is 0 Å². The zero-order chi connectivity index (χ0) is 25.5. The lowest BCUT2D eigenvalue weighted by Crippen LogP contribution is -2.36. The van der Waals surface area contributed by atoms with Gasteiger partial charge in [0.1, 0.15) is 11.3 Å². The minimum absolute atomic E-state index is 0.00318. The second-order valence-corrected chi connectivity index (χ2v) is 9.60. The maximum atomic E-state index is 13.2. The van der Waals surface area contributed by atoms with Crippen LogP contribution in [0.1, 0.15) is 48.8 Å². The first-order chi connectivity index (χ1) is 16.3. The average Bonchev–Trinajstić information content (AvgIpc) is 3.05. The molecule has 0 fully saturated rings. The topological polar surface area (TPSA) is 64.4 Å². The van der Waals surface area contributed by atoms with Crippen LogP contribution in [0.5, 0.6) is 0 Å². The summed E-state index contributed by atoms with van der Waals surface area (Å²) >= 11 is 6.41. The van der Waals surface area contributed by atoms with Crippen molar-refractivity contribution in [2.45, 2.75) is 45.5 Å². The van der Waals surface area contributed by atoms with Crippen LogP contribution in [0, 0.1) is 0 Å². The Hall–Kier alpha value is -3.33. The molecule has 0 radical (unpaired) electrons. The lowest BCUT2D eigenvalue weighted by molar-refractivity contribution is -0.137. The molecule has 4 rings (SSSR count). The highest BCUT2D eigenvalue weighted by molar-refractivity contribution is 6.32. The fourth-order valence-corrected chi connectivity index (χ4v) is 4.06. The fourth-order valence-electron chi connectivity index (χ4n) is 3.84. The number of amides is 1. The van der Waals surface area contributed by atoms with Crippen molar-refractivity contribution in [3.63, 3.8) is 0 Å². The molecule has 0 atom stereocenters. The number of fused-ring (bicyclic) bond motifs is 1. The first-order valence-electron chi connectivity index (χ1n) is 10.9. The zero-order valence-corrected chi connectivity index (χ0v) is 20.1. The van der Waals surface area contributed by atoms with Gasteiger partial charge in [-0.15, -0.1) is 0 Å². The number of halogens is 4. The molecule has 35 heavy (non-hydrogen) atoms. The number of aromatic nitrogens is 2. The summed E-state index contributed by atoms with van der Waals surface area (Å²) < 4.78 is 46.5. The van der Waals surface area contributed by atoms with Gasteiger partial charge in [-0.2, -0.15) is 18.3 Å². The van der Waals surface area contributed by atoms with Crippen LogP contribution < -0.4 is 0 Å². The molecule has 184 valence electrons.